The van der Waals surface area contributed by atoms with E-state index in [1.165, 1.54) is 5.56 Å². The monoisotopic (exact) mass is 329 g/mol. The van der Waals surface area contributed by atoms with Gasteiger partial charge in [0.15, 0.2) is 0 Å². The molecule has 0 radical (unpaired) electrons. The average Bonchev–Trinajstić information content (AvgIpc) is 3.02. The van der Waals surface area contributed by atoms with Gasteiger partial charge in [0, 0.05) is 32.2 Å². The van der Waals surface area contributed by atoms with Crippen LogP contribution >= 0.6 is 0 Å². The molecule has 1 aromatic carbocycles. The zero-order chi connectivity index (χ0) is 16.8. The van der Waals surface area contributed by atoms with Gasteiger partial charge in [0.2, 0.25) is 5.89 Å². The second-order valence-corrected chi connectivity index (χ2v) is 6.73. The molecule has 0 spiro atoms. The van der Waals surface area contributed by atoms with Crippen LogP contribution in [0, 0.1) is 0 Å². The summed E-state index contributed by atoms with van der Waals surface area (Å²) in [7, 11) is 4.24. The molecule has 1 N–H and O–H groups in total. The number of hydrogen-bond acceptors (Lipinski definition) is 6. The number of nitrogens with one attached hydrogen (secondary N) is 1. The van der Waals surface area contributed by atoms with E-state index in [1.807, 2.05) is 18.2 Å². The molecule has 0 amide bonds. The lowest BCUT2D eigenvalue weighted by Crippen LogP contribution is -2.41. The molecule has 130 valence electrons. The molecular weight excluding hydrogens is 302 g/mol. The van der Waals surface area contributed by atoms with Crippen molar-refractivity contribution < 1.29 is 4.42 Å². The summed E-state index contributed by atoms with van der Waals surface area (Å²) in [5.74, 6) is 0.659. The van der Waals surface area contributed by atoms with Crippen LogP contribution in [0.4, 0.5) is 6.01 Å². The lowest BCUT2D eigenvalue weighted by molar-refractivity contribution is 0.198. The van der Waals surface area contributed by atoms with E-state index in [9.17, 15) is 0 Å². The number of aromatic nitrogens is 2. The number of anilines is 1. The standard InChI is InChI=1S/C18H27N5O/c1-22(2)12-13-23-10-8-16(9-11-23)19-18-21-20-17(24-18)14-15-6-4-3-5-7-15/h3-7,16H,8-14H2,1-2H3,(H,19,21). The summed E-state index contributed by atoms with van der Waals surface area (Å²) < 4.78 is 5.74. The Morgan fingerprint density at radius 3 is 2.62 bits per heavy atom. The van der Waals surface area contributed by atoms with Gasteiger partial charge in [0.25, 0.3) is 0 Å². The van der Waals surface area contributed by atoms with Crippen LogP contribution in [-0.4, -0.2) is 66.3 Å². The fraction of sp³-hybridized carbons (Fsp3) is 0.556. The lowest BCUT2D eigenvalue weighted by Gasteiger charge is -2.32. The molecule has 1 aromatic heterocycles. The van der Waals surface area contributed by atoms with E-state index in [1.54, 1.807) is 0 Å². The average molecular weight is 329 g/mol. The summed E-state index contributed by atoms with van der Waals surface area (Å²) in [6.07, 6.45) is 2.91. The molecule has 0 unspecified atom stereocenters. The SMILES string of the molecule is CN(C)CCN1CCC(Nc2nnc(Cc3ccccc3)o2)CC1. The molecule has 1 aliphatic rings. The molecule has 6 heteroatoms. The van der Waals surface area contributed by atoms with Gasteiger partial charge >= 0.3 is 6.01 Å². The largest absolute Gasteiger partial charge is 0.408 e. The molecule has 2 aromatic rings. The first-order valence-electron chi connectivity index (χ1n) is 8.69. The van der Waals surface area contributed by atoms with Gasteiger partial charge in [-0.2, -0.15) is 0 Å². The van der Waals surface area contributed by atoms with Gasteiger partial charge < -0.3 is 19.5 Å². The number of hydrogen-bond donors (Lipinski definition) is 1. The third kappa shape index (κ3) is 5.04. The lowest BCUT2D eigenvalue weighted by atomic mass is 10.1. The highest BCUT2D eigenvalue weighted by atomic mass is 16.4. The highest BCUT2D eigenvalue weighted by molar-refractivity contribution is 5.22. The summed E-state index contributed by atoms with van der Waals surface area (Å²) >= 11 is 0. The summed E-state index contributed by atoms with van der Waals surface area (Å²) in [6, 6.07) is 11.2. The Balaban J connectivity index is 1.44. The topological polar surface area (TPSA) is 57.4 Å². The smallest absolute Gasteiger partial charge is 0.315 e. The van der Waals surface area contributed by atoms with Gasteiger partial charge in [0.1, 0.15) is 0 Å². The minimum Gasteiger partial charge on any atom is -0.408 e. The van der Waals surface area contributed by atoms with Crippen LogP contribution < -0.4 is 5.32 Å². The van der Waals surface area contributed by atoms with Crippen LogP contribution in [0.5, 0.6) is 0 Å². The molecule has 0 saturated carbocycles. The molecule has 1 saturated heterocycles. The van der Waals surface area contributed by atoms with Gasteiger partial charge in [-0.3, -0.25) is 0 Å². The third-order valence-corrected chi connectivity index (χ3v) is 4.44. The second kappa shape index (κ2) is 8.26. The summed E-state index contributed by atoms with van der Waals surface area (Å²) in [6.45, 7) is 4.50. The first kappa shape index (κ1) is 16.9. The fourth-order valence-corrected chi connectivity index (χ4v) is 2.97. The highest BCUT2D eigenvalue weighted by Gasteiger charge is 2.20. The molecular formula is C18H27N5O. The third-order valence-electron chi connectivity index (χ3n) is 4.44. The molecule has 0 atom stereocenters. The summed E-state index contributed by atoms with van der Waals surface area (Å²) in [4.78, 5) is 4.75. The Labute approximate surface area is 143 Å². The van der Waals surface area contributed by atoms with Crippen molar-refractivity contribution in [3.05, 3.63) is 41.8 Å². The van der Waals surface area contributed by atoms with Crippen molar-refractivity contribution in [2.24, 2.45) is 0 Å². The molecule has 6 nitrogen and oxygen atoms in total. The van der Waals surface area contributed by atoms with Crippen molar-refractivity contribution in [1.29, 1.82) is 0 Å². The van der Waals surface area contributed by atoms with Crippen molar-refractivity contribution in [2.75, 3.05) is 45.6 Å². The van der Waals surface area contributed by atoms with Crippen LogP contribution in [0.1, 0.15) is 24.3 Å². The van der Waals surface area contributed by atoms with Gasteiger partial charge in [-0.05, 0) is 32.5 Å². The molecule has 1 aliphatic heterocycles. The fourth-order valence-electron chi connectivity index (χ4n) is 2.97. The van der Waals surface area contributed by atoms with Crippen LogP contribution in [0.2, 0.25) is 0 Å². The Kier molecular flexibility index (Phi) is 5.82. The molecule has 2 heterocycles. The normalized spacial score (nSPS) is 16.6. The second-order valence-electron chi connectivity index (χ2n) is 6.73. The van der Waals surface area contributed by atoms with Crippen molar-refractivity contribution in [2.45, 2.75) is 25.3 Å². The zero-order valence-electron chi connectivity index (χ0n) is 14.6. The first-order valence-corrected chi connectivity index (χ1v) is 8.69. The Bertz CT molecular complexity index is 605. The molecule has 0 bridgehead atoms. The zero-order valence-corrected chi connectivity index (χ0v) is 14.6. The van der Waals surface area contributed by atoms with E-state index in [4.69, 9.17) is 4.42 Å². The van der Waals surface area contributed by atoms with Crippen molar-refractivity contribution >= 4 is 6.01 Å². The van der Waals surface area contributed by atoms with Gasteiger partial charge in [-0.15, -0.1) is 5.10 Å². The van der Waals surface area contributed by atoms with Crippen molar-refractivity contribution in [1.82, 2.24) is 20.0 Å². The Morgan fingerprint density at radius 1 is 1.17 bits per heavy atom. The predicted octanol–water partition coefficient (Wildman–Crippen LogP) is 2.10. The van der Waals surface area contributed by atoms with E-state index < -0.39 is 0 Å². The Morgan fingerprint density at radius 2 is 1.92 bits per heavy atom. The minimum absolute atomic E-state index is 0.422. The van der Waals surface area contributed by atoms with Crippen molar-refractivity contribution in [3.63, 3.8) is 0 Å². The predicted molar refractivity (Wildman–Crippen MR) is 95.2 cm³/mol. The number of piperidine rings is 1. The summed E-state index contributed by atoms with van der Waals surface area (Å²) in [5.41, 5.74) is 1.18. The van der Waals surface area contributed by atoms with Gasteiger partial charge in [-0.1, -0.05) is 35.4 Å². The van der Waals surface area contributed by atoms with Crippen LogP contribution in [0.3, 0.4) is 0 Å². The maximum absolute atomic E-state index is 5.74. The molecule has 1 fully saturated rings. The van der Waals surface area contributed by atoms with Gasteiger partial charge in [0.05, 0.1) is 6.42 Å². The first-order chi connectivity index (χ1) is 11.7. The van der Waals surface area contributed by atoms with Crippen LogP contribution in [-0.2, 0) is 6.42 Å². The van der Waals surface area contributed by atoms with Crippen LogP contribution in [0.25, 0.3) is 0 Å². The van der Waals surface area contributed by atoms with E-state index in [0.29, 0.717) is 24.4 Å². The van der Waals surface area contributed by atoms with E-state index in [0.717, 1.165) is 39.0 Å². The van der Waals surface area contributed by atoms with Crippen molar-refractivity contribution in [3.8, 4) is 0 Å². The maximum atomic E-state index is 5.74. The van der Waals surface area contributed by atoms with E-state index in [2.05, 4.69) is 51.5 Å². The number of likely N-dealkylation sites (tertiary alicyclic amines) is 1. The van der Waals surface area contributed by atoms with Crippen LogP contribution in [0.15, 0.2) is 34.7 Å². The maximum Gasteiger partial charge on any atom is 0.315 e. The quantitative estimate of drug-likeness (QED) is 0.839. The number of benzene rings is 1. The minimum atomic E-state index is 0.422. The Hall–Kier alpha value is -1.92. The summed E-state index contributed by atoms with van der Waals surface area (Å²) in [5, 5.41) is 11.7. The number of rotatable bonds is 7. The highest BCUT2D eigenvalue weighted by Crippen LogP contribution is 2.17. The number of likely N-dealkylation sites (N-methyl/N-ethyl adjacent to an activating group) is 1. The van der Waals surface area contributed by atoms with Gasteiger partial charge in [-0.25, -0.2) is 0 Å². The van der Waals surface area contributed by atoms with E-state index >= 15 is 0 Å². The number of nitrogens with zero attached hydrogens (tertiary/aromatic N) is 4. The molecule has 0 aliphatic carbocycles. The van der Waals surface area contributed by atoms with E-state index in [-0.39, 0.29) is 0 Å². The molecule has 3 rings (SSSR count). The molecule has 24 heavy (non-hydrogen) atoms.